The Morgan fingerprint density at radius 2 is 1.86 bits per heavy atom. The first-order chi connectivity index (χ1) is 9.95. The van der Waals surface area contributed by atoms with Crippen LogP contribution in [0.1, 0.15) is 23.2 Å². The molecule has 3 atom stereocenters. The number of anilines is 1. The van der Waals surface area contributed by atoms with Gasteiger partial charge in [-0.15, -0.1) is 0 Å². The maximum atomic E-state index is 13.3. The Balaban J connectivity index is 1.84. The maximum absolute atomic E-state index is 13.3. The molecule has 6 heteroatoms. The second-order valence-electron chi connectivity index (χ2n) is 5.49. The highest BCUT2D eigenvalue weighted by Crippen LogP contribution is 2.43. The number of hydrogen-bond acceptors (Lipinski definition) is 2. The van der Waals surface area contributed by atoms with E-state index in [1.165, 1.54) is 0 Å². The van der Waals surface area contributed by atoms with Crippen LogP contribution in [-0.2, 0) is 4.79 Å². The predicted molar refractivity (Wildman–Crippen MR) is 70.8 cm³/mol. The van der Waals surface area contributed by atoms with Gasteiger partial charge in [0.1, 0.15) is 0 Å². The Morgan fingerprint density at radius 1 is 1.14 bits per heavy atom. The number of carboxylic acid groups (broad SMARTS) is 1. The van der Waals surface area contributed by atoms with Crippen molar-refractivity contribution in [3.63, 3.8) is 0 Å². The van der Waals surface area contributed by atoms with E-state index in [-0.39, 0.29) is 23.4 Å². The summed E-state index contributed by atoms with van der Waals surface area (Å²) < 4.78 is 26.4. The fourth-order valence-corrected chi connectivity index (χ4v) is 3.13. The van der Waals surface area contributed by atoms with Crippen LogP contribution >= 0.6 is 0 Å². The standard InChI is InChI=1S/C15H13F2NO3/c16-11-5-10(15(20)21)13(6-12(11)17)18-14(19)9-4-7-1-2-8(9)3-7/h1-2,5-9H,3-4H2,(H,18,19)(H,20,21). The molecular weight excluding hydrogens is 280 g/mol. The van der Waals surface area contributed by atoms with Crippen LogP contribution in [0.15, 0.2) is 24.3 Å². The fraction of sp³-hybridized carbons (Fsp3) is 0.333. The first kappa shape index (κ1) is 13.7. The highest BCUT2D eigenvalue weighted by molar-refractivity contribution is 6.01. The van der Waals surface area contributed by atoms with Gasteiger partial charge in [0.2, 0.25) is 5.91 Å². The number of halogens is 2. The number of amides is 1. The number of carbonyl (C=O) groups is 2. The summed E-state index contributed by atoms with van der Waals surface area (Å²) in [5.41, 5.74) is -0.667. The molecule has 1 aromatic rings. The molecule has 1 saturated carbocycles. The van der Waals surface area contributed by atoms with E-state index in [9.17, 15) is 18.4 Å². The van der Waals surface area contributed by atoms with Crippen molar-refractivity contribution >= 4 is 17.6 Å². The molecule has 2 aliphatic carbocycles. The number of benzene rings is 1. The topological polar surface area (TPSA) is 66.4 Å². The van der Waals surface area contributed by atoms with Crippen LogP contribution in [0, 0.1) is 29.4 Å². The average molecular weight is 293 g/mol. The smallest absolute Gasteiger partial charge is 0.337 e. The van der Waals surface area contributed by atoms with Crippen LogP contribution in [0.4, 0.5) is 14.5 Å². The van der Waals surface area contributed by atoms with Gasteiger partial charge in [-0.1, -0.05) is 12.2 Å². The molecule has 4 nitrogen and oxygen atoms in total. The maximum Gasteiger partial charge on any atom is 0.337 e. The molecule has 1 fully saturated rings. The summed E-state index contributed by atoms with van der Waals surface area (Å²) in [6.07, 6.45) is 5.69. The molecule has 0 spiro atoms. The van der Waals surface area contributed by atoms with Crippen LogP contribution in [0.5, 0.6) is 0 Å². The summed E-state index contributed by atoms with van der Waals surface area (Å²) in [7, 11) is 0. The number of rotatable bonds is 3. The fourth-order valence-electron chi connectivity index (χ4n) is 3.13. The third kappa shape index (κ3) is 2.41. The van der Waals surface area contributed by atoms with E-state index in [0.29, 0.717) is 24.5 Å². The highest BCUT2D eigenvalue weighted by Gasteiger charge is 2.40. The lowest BCUT2D eigenvalue weighted by Crippen LogP contribution is -2.27. The van der Waals surface area contributed by atoms with E-state index in [1.807, 2.05) is 6.08 Å². The summed E-state index contributed by atoms with van der Waals surface area (Å²) in [6.45, 7) is 0. The van der Waals surface area contributed by atoms with Crippen molar-refractivity contribution in [3.05, 3.63) is 41.5 Å². The molecule has 2 N–H and O–H groups in total. The SMILES string of the molecule is O=C(O)c1cc(F)c(F)cc1NC(=O)C1CC2C=CC1C2. The predicted octanol–water partition coefficient (Wildman–Crippen LogP) is 2.81. The van der Waals surface area contributed by atoms with Gasteiger partial charge in [0, 0.05) is 12.0 Å². The zero-order valence-corrected chi connectivity index (χ0v) is 11.0. The number of nitrogens with one attached hydrogen (secondary N) is 1. The molecule has 21 heavy (non-hydrogen) atoms. The average Bonchev–Trinajstić information content (AvgIpc) is 3.04. The van der Waals surface area contributed by atoms with Gasteiger partial charge in [-0.3, -0.25) is 4.79 Å². The van der Waals surface area contributed by atoms with Gasteiger partial charge < -0.3 is 10.4 Å². The minimum absolute atomic E-state index is 0.147. The molecular formula is C15H13F2NO3. The minimum atomic E-state index is -1.42. The lowest BCUT2D eigenvalue weighted by molar-refractivity contribution is -0.120. The monoisotopic (exact) mass is 293 g/mol. The van der Waals surface area contributed by atoms with Gasteiger partial charge in [-0.2, -0.15) is 0 Å². The quantitative estimate of drug-likeness (QED) is 0.842. The van der Waals surface area contributed by atoms with E-state index in [4.69, 9.17) is 5.11 Å². The molecule has 110 valence electrons. The molecule has 0 aliphatic heterocycles. The largest absolute Gasteiger partial charge is 0.478 e. The second-order valence-corrected chi connectivity index (χ2v) is 5.49. The molecule has 1 amide bonds. The Kier molecular flexibility index (Phi) is 3.23. The first-order valence-electron chi connectivity index (χ1n) is 6.67. The van der Waals surface area contributed by atoms with Gasteiger partial charge in [0.25, 0.3) is 0 Å². The molecule has 3 unspecified atom stereocenters. The Hall–Kier alpha value is -2.24. The van der Waals surface area contributed by atoms with Crippen molar-refractivity contribution in [2.75, 3.05) is 5.32 Å². The molecule has 0 radical (unpaired) electrons. The van der Waals surface area contributed by atoms with E-state index >= 15 is 0 Å². The van der Waals surface area contributed by atoms with E-state index in [0.717, 1.165) is 6.42 Å². The van der Waals surface area contributed by atoms with Crippen LogP contribution in [0.25, 0.3) is 0 Å². The summed E-state index contributed by atoms with van der Waals surface area (Å²) in [4.78, 5) is 23.3. The van der Waals surface area contributed by atoms with Crippen LogP contribution in [-0.4, -0.2) is 17.0 Å². The third-order valence-electron chi connectivity index (χ3n) is 4.16. The highest BCUT2D eigenvalue weighted by atomic mass is 19.2. The molecule has 1 aromatic carbocycles. The first-order valence-corrected chi connectivity index (χ1v) is 6.67. The Bertz CT molecular complexity index is 657. The Labute approximate surface area is 119 Å². The number of allylic oxidation sites excluding steroid dienone is 2. The van der Waals surface area contributed by atoms with E-state index in [2.05, 4.69) is 11.4 Å². The number of hydrogen-bond donors (Lipinski definition) is 2. The van der Waals surface area contributed by atoms with Crippen molar-refractivity contribution in [1.82, 2.24) is 0 Å². The number of carbonyl (C=O) groups excluding carboxylic acids is 1. The molecule has 0 heterocycles. The van der Waals surface area contributed by atoms with Crippen molar-refractivity contribution in [2.45, 2.75) is 12.8 Å². The lowest BCUT2D eigenvalue weighted by atomic mass is 9.92. The second kappa shape index (κ2) is 4.95. The molecule has 3 rings (SSSR count). The van der Waals surface area contributed by atoms with Crippen molar-refractivity contribution in [2.24, 2.45) is 17.8 Å². The molecule has 0 aromatic heterocycles. The summed E-state index contributed by atoms with van der Waals surface area (Å²) >= 11 is 0. The number of carboxylic acids is 1. The summed E-state index contributed by atoms with van der Waals surface area (Å²) in [6, 6.07) is 1.29. The van der Waals surface area contributed by atoms with E-state index < -0.39 is 23.2 Å². The molecule has 0 saturated heterocycles. The zero-order valence-electron chi connectivity index (χ0n) is 11.0. The van der Waals surface area contributed by atoms with Gasteiger partial charge in [0.15, 0.2) is 11.6 Å². The van der Waals surface area contributed by atoms with Gasteiger partial charge >= 0.3 is 5.97 Å². The van der Waals surface area contributed by atoms with Crippen LogP contribution in [0.3, 0.4) is 0 Å². The van der Waals surface area contributed by atoms with Gasteiger partial charge in [-0.25, -0.2) is 13.6 Å². The van der Waals surface area contributed by atoms with Gasteiger partial charge in [-0.05, 0) is 30.7 Å². The van der Waals surface area contributed by atoms with Crippen molar-refractivity contribution in [3.8, 4) is 0 Å². The summed E-state index contributed by atoms with van der Waals surface area (Å²) in [5, 5.41) is 11.4. The van der Waals surface area contributed by atoms with Crippen LogP contribution < -0.4 is 5.32 Å². The van der Waals surface area contributed by atoms with Crippen LogP contribution in [0.2, 0.25) is 0 Å². The third-order valence-corrected chi connectivity index (χ3v) is 4.16. The van der Waals surface area contributed by atoms with E-state index in [1.54, 1.807) is 0 Å². The summed E-state index contributed by atoms with van der Waals surface area (Å²) in [5.74, 6) is -3.92. The minimum Gasteiger partial charge on any atom is -0.478 e. The zero-order chi connectivity index (χ0) is 15.1. The van der Waals surface area contributed by atoms with Crippen molar-refractivity contribution in [1.29, 1.82) is 0 Å². The molecule has 2 aliphatic rings. The van der Waals surface area contributed by atoms with Gasteiger partial charge in [0.05, 0.1) is 11.3 Å². The normalized spacial score (nSPS) is 26.1. The number of aromatic carboxylic acids is 1. The number of fused-ring (bicyclic) bond motifs is 2. The molecule has 2 bridgehead atoms. The lowest BCUT2D eigenvalue weighted by Gasteiger charge is -2.18. The Morgan fingerprint density at radius 3 is 2.43 bits per heavy atom. The van der Waals surface area contributed by atoms with Crippen molar-refractivity contribution < 1.29 is 23.5 Å².